The van der Waals surface area contributed by atoms with Crippen LogP contribution in [-0.2, 0) is 6.42 Å². The van der Waals surface area contributed by atoms with Gasteiger partial charge in [0.2, 0.25) is 0 Å². The summed E-state index contributed by atoms with van der Waals surface area (Å²) in [6, 6.07) is 17.9. The number of furan rings is 1. The Morgan fingerprint density at radius 2 is 1.74 bits per heavy atom. The Balaban J connectivity index is 1.66. The summed E-state index contributed by atoms with van der Waals surface area (Å²) >= 11 is 0. The maximum Gasteiger partial charge on any atom is 0.287 e. The van der Waals surface area contributed by atoms with Gasteiger partial charge in [0, 0.05) is 12.1 Å². The first-order valence-electron chi connectivity index (χ1n) is 7.40. The largest absolute Gasteiger partial charge is 0.459 e. The van der Waals surface area contributed by atoms with Gasteiger partial charge in [0.05, 0.1) is 6.26 Å². The van der Waals surface area contributed by atoms with Gasteiger partial charge in [-0.25, -0.2) is 4.39 Å². The number of benzene rings is 2. The molecule has 0 unspecified atom stereocenters. The summed E-state index contributed by atoms with van der Waals surface area (Å²) in [5, 5.41) is 2.77. The molecule has 1 amide bonds. The summed E-state index contributed by atoms with van der Waals surface area (Å²) < 4.78 is 18.9. The van der Waals surface area contributed by atoms with E-state index in [2.05, 4.69) is 5.32 Å². The second-order valence-electron chi connectivity index (χ2n) is 5.13. The molecule has 3 rings (SSSR count). The molecule has 0 aliphatic rings. The lowest BCUT2D eigenvalue weighted by molar-refractivity contribution is 0.0927. The molecule has 0 saturated carbocycles. The number of rotatable bonds is 5. The Labute approximate surface area is 133 Å². The van der Waals surface area contributed by atoms with E-state index in [0.29, 0.717) is 18.5 Å². The topological polar surface area (TPSA) is 42.2 Å². The van der Waals surface area contributed by atoms with Crippen molar-refractivity contribution >= 4 is 5.91 Å². The molecule has 1 N–H and O–H groups in total. The van der Waals surface area contributed by atoms with Crippen LogP contribution in [0.2, 0.25) is 0 Å². The maximum atomic E-state index is 13.5. The molecule has 0 saturated heterocycles. The van der Waals surface area contributed by atoms with Crippen molar-refractivity contribution in [2.75, 3.05) is 6.54 Å². The van der Waals surface area contributed by atoms with E-state index in [1.165, 1.54) is 12.3 Å². The first-order chi connectivity index (χ1) is 11.3. The molecule has 0 fully saturated rings. The number of halogens is 1. The first-order valence-corrected chi connectivity index (χ1v) is 7.40. The number of hydrogen-bond donors (Lipinski definition) is 1. The second-order valence-corrected chi connectivity index (χ2v) is 5.13. The van der Waals surface area contributed by atoms with E-state index >= 15 is 0 Å². The van der Waals surface area contributed by atoms with Crippen molar-refractivity contribution in [3.05, 3.63) is 84.1 Å². The predicted octanol–water partition coefficient (Wildman–Crippen LogP) is 4.06. The predicted molar refractivity (Wildman–Crippen MR) is 86.6 cm³/mol. The highest BCUT2D eigenvalue weighted by Gasteiger charge is 2.16. The van der Waals surface area contributed by atoms with Crippen LogP contribution in [0.15, 0.2) is 71.3 Å². The van der Waals surface area contributed by atoms with Crippen LogP contribution >= 0.6 is 0 Å². The fourth-order valence-corrected chi connectivity index (χ4v) is 2.42. The molecule has 3 aromatic rings. The third-order valence-electron chi connectivity index (χ3n) is 3.59. The first kappa shape index (κ1) is 15.0. The summed E-state index contributed by atoms with van der Waals surface area (Å²) in [5.41, 5.74) is 2.24. The van der Waals surface area contributed by atoms with Crippen molar-refractivity contribution in [2.45, 2.75) is 6.42 Å². The number of amides is 1. The molecule has 0 spiro atoms. The van der Waals surface area contributed by atoms with Crippen LogP contribution < -0.4 is 5.32 Å². The van der Waals surface area contributed by atoms with Crippen molar-refractivity contribution in [3.8, 4) is 11.1 Å². The van der Waals surface area contributed by atoms with E-state index in [1.807, 2.05) is 30.3 Å². The number of carbonyl (C=O) groups is 1. The van der Waals surface area contributed by atoms with Crippen LogP contribution in [0.5, 0.6) is 0 Å². The van der Waals surface area contributed by atoms with E-state index in [1.54, 1.807) is 24.3 Å². The monoisotopic (exact) mass is 309 g/mol. The maximum absolute atomic E-state index is 13.5. The van der Waals surface area contributed by atoms with Crippen molar-refractivity contribution in [2.24, 2.45) is 0 Å². The fourth-order valence-electron chi connectivity index (χ4n) is 2.42. The van der Waals surface area contributed by atoms with Crippen LogP contribution in [0.4, 0.5) is 4.39 Å². The third-order valence-corrected chi connectivity index (χ3v) is 3.59. The highest BCUT2D eigenvalue weighted by atomic mass is 19.1. The zero-order valence-electron chi connectivity index (χ0n) is 12.5. The van der Waals surface area contributed by atoms with Crippen LogP contribution in [0.25, 0.3) is 11.1 Å². The summed E-state index contributed by atoms with van der Waals surface area (Å²) in [7, 11) is 0. The van der Waals surface area contributed by atoms with Gasteiger partial charge in [-0.2, -0.15) is 0 Å². The van der Waals surface area contributed by atoms with Crippen molar-refractivity contribution in [1.82, 2.24) is 5.32 Å². The molecule has 0 atom stereocenters. The highest BCUT2D eigenvalue weighted by molar-refractivity contribution is 5.98. The average Bonchev–Trinajstić information content (AvgIpc) is 3.07. The molecule has 4 heteroatoms. The third kappa shape index (κ3) is 3.48. The lowest BCUT2D eigenvalue weighted by Crippen LogP contribution is -2.26. The highest BCUT2D eigenvalue weighted by Crippen LogP contribution is 2.24. The Kier molecular flexibility index (Phi) is 4.52. The minimum atomic E-state index is -0.301. The molecule has 0 aliphatic carbocycles. The smallest absolute Gasteiger partial charge is 0.287 e. The van der Waals surface area contributed by atoms with Crippen molar-refractivity contribution in [1.29, 1.82) is 0 Å². The standard InChI is InChI=1S/C19H16FNO2/c20-17-9-5-4-8-15(17)10-12-21-19(22)18-16(11-13-23-18)14-6-2-1-3-7-14/h1-9,11,13H,10,12H2,(H,21,22). The lowest BCUT2D eigenvalue weighted by Gasteiger charge is -2.06. The quantitative estimate of drug-likeness (QED) is 0.772. The number of carbonyl (C=O) groups excluding carboxylic acids is 1. The Bertz CT molecular complexity index is 796. The molecule has 23 heavy (non-hydrogen) atoms. The van der Waals surface area contributed by atoms with Gasteiger partial charge < -0.3 is 9.73 Å². The van der Waals surface area contributed by atoms with Crippen LogP contribution in [0.3, 0.4) is 0 Å². The van der Waals surface area contributed by atoms with Gasteiger partial charge in [-0.3, -0.25) is 4.79 Å². The van der Waals surface area contributed by atoms with Gasteiger partial charge in [-0.15, -0.1) is 0 Å². The molecular weight excluding hydrogens is 293 g/mol. The zero-order valence-corrected chi connectivity index (χ0v) is 12.5. The molecule has 116 valence electrons. The van der Waals surface area contributed by atoms with Crippen LogP contribution in [-0.4, -0.2) is 12.5 Å². The van der Waals surface area contributed by atoms with Gasteiger partial charge in [-0.1, -0.05) is 48.5 Å². The van der Waals surface area contributed by atoms with Crippen molar-refractivity contribution < 1.29 is 13.6 Å². The van der Waals surface area contributed by atoms with E-state index in [0.717, 1.165) is 11.1 Å². The number of nitrogens with one attached hydrogen (secondary N) is 1. The lowest BCUT2D eigenvalue weighted by atomic mass is 10.1. The van der Waals surface area contributed by atoms with Gasteiger partial charge >= 0.3 is 0 Å². The summed E-state index contributed by atoms with van der Waals surface area (Å²) in [4.78, 5) is 12.3. The van der Waals surface area contributed by atoms with Gasteiger partial charge in [0.1, 0.15) is 5.82 Å². The zero-order chi connectivity index (χ0) is 16.1. The SMILES string of the molecule is O=C(NCCc1ccccc1F)c1occc1-c1ccccc1. The normalized spacial score (nSPS) is 10.5. The van der Waals surface area contributed by atoms with Gasteiger partial charge in [-0.05, 0) is 29.7 Å². The molecule has 3 nitrogen and oxygen atoms in total. The van der Waals surface area contributed by atoms with E-state index in [4.69, 9.17) is 4.42 Å². The van der Waals surface area contributed by atoms with E-state index in [9.17, 15) is 9.18 Å². The van der Waals surface area contributed by atoms with Gasteiger partial charge in [0.25, 0.3) is 5.91 Å². The Hall–Kier alpha value is -2.88. The molecule has 1 heterocycles. The molecule has 0 radical (unpaired) electrons. The van der Waals surface area contributed by atoms with Crippen LogP contribution in [0.1, 0.15) is 16.1 Å². The molecule has 0 bridgehead atoms. The minimum absolute atomic E-state index is 0.260. The summed E-state index contributed by atoms with van der Waals surface area (Å²) in [6.07, 6.45) is 1.92. The minimum Gasteiger partial charge on any atom is -0.459 e. The Morgan fingerprint density at radius 1 is 1.00 bits per heavy atom. The molecule has 0 aliphatic heterocycles. The number of hydrogen-bond acceptors (Lipinski definition) is 2. The molecule has 2 aromatic carbocycles. The summed E-state index contributed by atoms with van der Waals surface area (Å²) in [5.74, 6) is -0.292. The van der Waals surface area contributed by atoms with Crippen molar-refractivity contribution in [3.63, 3.8) is 0 Å². The molecule has 1 aromatic heterocycles. The van der Waals surface area contributed by atoms with Crippen LogP contribution in [0, 0.1) is 5.82 Å². The summed E-state index contributed by atoms with van der Waals surface area (Å²) in [6.45, 7) is 0.342. The average molecular weight is 309 g/mol. The van der Waals surface area contributed by atoms with E-state index < -0.39 is 0 Å². The van der Waals surface area contributed by atoms with E-state index in [-0.39, 0.29) is 17.5 Å². The molecular formula is C19H16FNO2. The Morgan fingerprint density at radius 3 is 2.52 bits per heavy atom. The second kappa shape index (κ2) is 6.92. The van der Waals surface area contributed by atoms with Gasteiger partial charge in [0.15, 0.2) is 5.76 Å². The fraction of sp³-hybridized carbons (Fsp3) is 0.105.